The van der Waals surface area contributed by atoms with Crippen LogP contribution in [0.25, 0.3) is 6.08 Å². The fourth-order valence-electron chi connectivity index (χ4n) is 2.68. The Labute approximate surface area is 146 Å². The largest absolute Gasteiger partial charge is 0.419 e. The van der Waals surface area contributed by atoms with Crippen LogP contribution in [0.4, 0.5) is 0 Å². The Hall–Kier alpha value is -1.79. The van der Waals surface area contributed by atoms with Gasteiger partial charge in [-0.1, -0.05) is 24.3 Å². The van der Waals surface area contributed by atoms with Crippen LogP contribution >= 0.6 is 11.8 Å². The number of esters is 2. The molecule has 128 valence electrons. The summed E-state index contributed by atoms with van der Waals surface area (Å²) in [6.07, 6.45) is 1.52. The van der Waals surface area contributed by atoms with E-state index in [1.54, 1.807) is 0 Å². The monoisotopic (exact) mass is 347 g/mol. The molecule has 0 unspecified atom stereocenters. The zero-order valence-corrected chi connectivity index (χ0v) is 14.7. The molecule has 3 rings (SSSR count). The predicted octanol–water partition coefficient (Wildman–Crippen LogP) is 2.45. The molecule has 0 bridgehead atoms. The summed E-state index contributed by atoms with van der Waals surface area (Å²) in [5.74, 6) is -0.130. The lowest BCUT2D eigenvalue weighted by Crippen LogP contribution is -2.41. The molecule has 0 spiro atoms. The van der Waals surface area contributed by atoms with Gasteiger partial charge in [0.15, 0.2) is 0 Å². The molecule has 0 saturated carbocycles. The van der Waals surface area contributed by atoms with E-state index in [0.29, 0.717) is 0 Å². The molecule has 0 atom stereocenters. The van der Waals surface area contributed by atoms with Crippen LogP contribution in [0, 0.1) is 0 Å². The lowest BCUT2D eigenvalue weighted by atomic mass is 10.1. The lowest BCUT2D eigenvalue weighted by molar-refractivity contribution is -0.222. The first-order valence-corrected chi connectivity index (χ1v) is 9.16. The average molecular weight is 347 g/mol. The van der Waals surface area contributed by atoms with Gasteiger partial charge in [0.25, 0.3) is 5.79 Å². The van der Waals surface area contributed by atoms with Crippen LogP contribution in [-0.2, 0) is 25.6 Å². The van der Waals surface area contributed by atoms with Crippen LogP contribution in [0.5, 0.6) is 0 Å². The second-order valence-corrected chi connectivity index (χ2v) is 7.59. The van der Waals surface area contributed by atoms with Gasteiger partial charge in [0.1, 0.15) is 5.57 Å². The average Bonchev–Trinajstić information content (AvgIpc) is 2.53. The maximum absolute atomic E-state index is 12.0. The predicted molar refractivity (Wildman–Crippen MR) is 93.3 cm³/mol. The molecule has 2 heterocycles. The van der Waals surface area contributed by atoms with Gasteiger partial charge >= 0.3 is 11.9 Å². The van der Waals surface area contributed by atoms with Crippen molar-refractivity contribution in [2.45, 2.75) is 26.2 Å². The number of cyclic esters (lactones) is 2. The first kappa shape index (κ1) is 17.0. The van der Waals surface area contributed by atoms with E-state index in [1.165, 1.54) is 37.0 Å². The maximum atomic E-state index is 12.0. The first-order valence-electron chi connectivity index (χ1n) is 8.00. The smallest absolute Gasteiger partial charge is 0.348 e. The van der Waals surface area contributed by atoms with Crippen molar-refractivity contribution < 1.29 is 19.1 Å². The molecule has 5 nitrogen and oxygen atoms in total. The van der Waals surface area contributed by atoms with Crippen LogP contribution in [0.15, 0.2) is 29.8 Å². The molecule has 2 fully saturated rings. The molecule has 0 aromatic heterocycles. The Bertz CT molecular complexity index is 638. The summed E-state index contributed by atoms with van der Waals surface area (Å²) in [4.78, 5) is 26.3. The number of hydrogen-bond acceptors (Lipinski definition) is 6. The zero-order chi connectivity index (χ0) is 17.2. The summed E-state index contributed by atoms with van der Waals surface area (Å²) in [7, 11) is 0. The third kappa shape index (κ3) is 4.19. The summed E-state index contributed by atoms with van der Waals surface area (Å²) >= 11 is 1.99. The second kappa shape index (κ2) is 6.99. The number of thioether (sulfide) groups is 1. The quantitative estimate of drug-likeness (QED) is 0.476. The molecule has 6 heteroatoms. The number of ether oxygens (including phenoxy) is 2. The number of carbonyl (C=O) groups excluding carboxylic acids is 2. The van der Waals surface area contributed by atoms with Gasteiger partial charge in [-0.05, 0) is 17.2 Å². The van der Waals surface area contributed by atoms with Crippen molar-refractivity contribution in [1.29, 1.82) is 0 Å². The van der Waals surface area contributed by atoms with Gasteiger partial charge < -0.3 is 9.47 Å². The van der Waals surface area contributed by atoms with Gasteiger partial charge in [0.2, 0.25) is 0 Å². The van der Waals surface area contributed by atoms with Gasteiger partial charge in [-0.2, -0.15) is 11.8 Å². The highest BCUT2D eigenvalue weighted by atomic mass is 32.2. The molecule has 2 aliphatic rings. The van der Waals surface area contributed by atoms with E-state index in [9.17, 15) is 9.59 Å². The summed E-state index contributed by atoms with van der Waals surface area (Å²) in [6, 6.07) is 7.86. The first-order chi connectivity index (χ1) is 11.4. The Kier molecular flexibility index (Phi) is 4.96. The van der Waals surface area contributed by atoms with Gasteiger partial charge in [0, 0.05) is 45.0 Å². The van der Waals surface area contributed by atoms with E-state index >= 15 is 0 Å². The molecule has 1 aromatic carbocycles. The molecule has 0 N–H and O–H groups in total. The van der Waals surface area contributed by atoms with Crippen molar-refractivity contribution in [2.24, 2.45) is 0 Å². The van der Waals surface area contributed by atoms with Crippen molar-refractivity contribution in [3.8, 4) is 0 Å². The Balaban J connectivity index is 1.69. The highest BCUT2D eigenvalue weighted by molar-refractivity contribution is 7.99. The molecular formula is C18H21NO4S. The van der Waals surface area contributed by atoms with E-state index in [1.807, 2.05) is 36.0 Å². The van der Waals surface area contributed by atoms with Gasteiger partial charge in [-0.3, -0.25) is 4.90 Å². The number of nitrogens with zero attached hydrogens (tertiary/aromatic N) is 1. The molecule has 1 aromatic rings. The fourth-order valence-corrected chi connectivity index (χ4v) is 3.66. The summed E-state index contributed by atoms with van der Waals surface area (Å²) in [5.41, 5.74) is 1.92. The molecular weight excluding hydrogens is 326 g/mol. The molecule has 2 saturated heterocycles. The standard InChI is InChI=1S/C18H21NO4S/c1-18(2)22-16(20)15(17(21)23-18)11-13-3-5-14(6-4-13)12-19-7-9-24-10-8-19/h3-6,11H,7-10,12H2,1-2H3. The molecule has 0 aliphatic carbocycles. The topological polar surface area (TPSA) is 55.8 Å². The Morgan fingerprint density at radius 3 is 2.25 bits per heavy atom. The Morgan fingerprint density at radius 1 is 1.08 bits per heavy atom. The van der Waals surface area contributed by atoms with Crippen LogP contribution in [-0.4, -0.2) is 47.2 Å². The lowest BCUT2D eigenvalue weighted by Gasteiger charge is -2.29. The van der Waals surface area contributed by atoms with Crippen molar-refractivity contribution in [3.05, 3.63) is 41.0 Å². The van der Waals surface area contributed by atoms with Crippen molar-refractivity contribution >= 4 is 29.8 Å². The fraction of sp³-hybridized carbons (Fsp3) is 0.444. The van der Waals surface area contributed by atoms with Crippen LogP contribution in [0.1, 0.15) is 25.0 Å². The minimum absolute atomic E-state index is 0.0740. The number of benzene rings is 1. The normalized spacial score (nSPS) is 21.2. The minimum atomic E-state index is -1.21. The van der Waals surface area contributed by atoms with Gasteiger partial charge in [0.05, 0.1) is 0 Å². The van der Waals surface area contributed by atoms with E-state index in [4.69, 9.17) is 9.47 Å². The third-order valence-electron chi connectivity index (χ3n) is 3.92. The van der Waals surface area contributed by atoms with Crippen LogP contribution < -0.4 is 0 Å². The van der Waals surface area contributed by atoms with E-state index in [-0.39, 0.29) is 5.57 Å². The maximum Gasteiger partial charge on any atom is 0.348 e. The zero-order valence-electron chi connectivity index (χ0n) is 13.9. The minimum Gasteiger partial charge on any atom is -0.419 e. The number of rotatable bonds is 3. The second-order valence-electron chi connectivity index (χ2n) is 6.37. The summed E-state index contributed by atoms with van der Waals surface area (Å²) < 4.78 is 10.2. The van der Waals surface area contributed by atoms with E-state index in [0.717, 1.165) is 25.2 Å². The third-order valence-corrected chi connectivity index (χ3v) is 4.86. The van der Waals surface area contributed by atoms with Crippen molar-refractivity contribution in [1.82, 2.24) is 4.90 Å². The highest BCUT2D eigenvalue weighted by Crippen LogP contribution is 2.24. The number of hydrogen-bond donors (Lipinski definition) is 0. The van der Waals surface area contributed by atoms with Gasteiger partial charge in [-0.25, -0.2) is 9.59 Å². The SMILES string of the molecule is CC1(C)OC(=O)C(=Cc2ccc(CN3CCSCC3)cc2)C(=O)O1. The molecule has 2 aliphatic heterocycles. The highest BCUT2D eigenvalue weighted by Gasteiger charge is 2.38. The number of carbonyl (C=O) groups is 2. The summed E-state index contributed by atoms with van der Waals surface area (Å²) in [5, 5.41) is 0. The van der Waals surface area contributed by atoms with E-state index in [2.05, 4.69) is 4.90 Å². The molecule has 0 amide bonds. The van der Waals surface area contributed by atoms with Crippen LogP contribution in [0.2, 0.25) is 0 Å². The molecule has 24 heavy (non-hydrogen) atoms. The van der Waals surface area contributed by atoms with Gasteiger partial charge in [-0.15, -0.1) is 0 Å². The Morgan fingerprint density at radius 2 is 1.67 bits per heavy atom. The summed E-state index contributed by atoms with van der Waals surface area (Å²) in [6.45, 7) is 6.23. The van der Waals surface area contributed by atoms with E-state index < -0.39 is 17.7 Å². The molecule has 0 radical (unpaired) electrons. The van der Waals surface area contributed by atoms with Crippen LogP contribution in [0.3, 0.4) is 0 Å². The van der Waals surface area contributed by atoms with Crippen molar-refractivity contribution in [2.75, 3.05) is 24.6 Å². The van der Waals surface area contributed by atoms with Crippen molar-refractivity contribution in [3.63, 3.8) is 0 Å².